The molecule has 0 radical (unpaired) electrons. The molecule has 0 saturated carbocycles. The maximum atomic E-state index is 11.7. The molecule has 0 spiro atoms. The second-order valence-electron chi connectivity index (χ2n) is 5.73. The summed E-state index contributed by atoms with van der Waals surface area (Å²) in [5.74, 6) is 0.210. The molecule has 0 aromatic heterocycles. The highest BCUT2D eigenvalue weighted by Crippen LogP contribution is 2.26. The van der Waals surface area contributed by atoms with Crippen LogP contribution in [-0.4, -0.2) is 39.4 Å². The fourth-order valence-electron chi connectivity index (χ4n) is 2.62. The number of nitrogens with zero attached hydrogens (tertiary/aromatic N) is 1. The van der Waals surface area contributed by atoms with Crippen molar-refractivity contribution < 1.29 is 19.4 Å². The molecule has 24 heavy (non-hydrogen) atoms. The first kappa shape index (κ1) is 17.7. The molecule has 2 aromatic rings. The van der Waals surface area contributed by atoms with Gasteiger partial charge < -0.3 is 19.5 Å². The average molecular weight is 329 g/mol. The van der Waals surface area contributed by atoms with Gasteiger partial charge in [0.25, 0.3) is 0 Å². The van der Waals surface area contributed by atoms with Gasteiger partial charge in [0.05, 0.1) is 14.2 Å². The highest BCUT2D eigenvalue weighted by molar-refractivity contribution is 5.92. The summed E-state index contributed by atoms with van der Waals surface area (Å²) in [4.78, 5) is 13.7. The Morgan fingerprint density at radius 1 is 1.08 bits per heavy atom. The summed E-state index contributed by atoms with van der Waals surface area (Å²) in [6.45, 7) is 0. The summed E-state index contributed by atoms with van der Waals surface area (Å²) in [7, 11) is 6.95. The minimum atomic E-state index is -0.537. The first-order valence-electron chi connectivity index (χ1n) is 7.70. The van der Waals surface area contributed by atoms with Crippen LogP contribution in [0, 0.1) is 0 Å². The van der Waals surface area contributed by atoms with Crippen molar-refractivity contribution in [2.45, 2.75) is 12.8 Å². The first-order chi connectivity index (χ1) is 11.5. The normalized spacial score (nSPS) is 10.3. The molecule has 0 aliphatic heterocycles. The molecule has 0 aliphatic rings. The van der Waals surface area contributed by atoms with Crippen molar-refractivity contribution in [3.8, 4) is 11.5 Å². The van der Waals surface area contributed by atoms with Crippen molar-refractivity contribution >= 4 is 11.7 Å². The van der Waals surface area contributed by atoms with Crippen LogP contribution in [0.5, 0.6) is 11.5 Å². The quantitative estimate of drug-likeness (QED) is 0.826. The fraction of sp³-hybridized carbons (Fsp3) is 0.316. The Labute approximate surface area is 142 Å². The Morgan fingerprint density at radius 3 is 2.46 bits per heavy atom. The van der Waals surface area contributed by atoms with Crippen molar-refractivity contribution in [3.63, 3.8) is 0 Å². The molecule has 0 atom stereocenters. The summed E-state index contributed by atoms with van der Waals surface area (Å²) in [6, 6.07) is 11.0. The van der Waals surface area contributed by atoms with Crippen LogP contribution in [-0.2, 0) is 17.6 Å². The molecule has 0 heterocycles. The van der Waals surface area contributed by atoms with E-state index in [0.717, 1.165) is 35.4 Å². The number of anilines is 1. The fourth-order valence-corrected chi connectivity index (χ4v) is 2.62. The van der Waals surface area contributed by atoms with Gasteiger partial charge in [-0.15, -0.1) is 0 Å². The molecular weight excluding hydrogens is 306 g/mol. The molecule has 0 bridgehead atoms. The molecule has 2 aromatic carbocycles. The number of carbonyl (C=O) groups excluding carboxylic acids is 1. The number of hydrogen-bond donors (Lipinski definition) is 1. The minimum absolute atomic E-state index is 0.0686. The van der Waals surface area contributed by atoms with Crippen molar-refractivity contribution in [1.82, 2.24) is 0 Å². The molecule has 0 amide bonds. The van der Waals surface area contributed by atoms with Crippen LogP contribution in [0.2, 0.25) is 0 Å². The van der Waals surface area contributed by atoms with E-state index in [2.05, 4.69) is 4.90 Å². The number of rotatable bonds is 6. The molecular formula is C19H23NO4. The molecule has 0 fully saturated rings. The number of benzene rings is 2. The number of phenols is 1. The highest BCUT2D eigenvalue weighted by Gasteiger charge is 2.13. The molecule has 0 saturated heterocycles. The van der Waals surface area contributed by atoms with E-state index in [1.807, 2.05) is 38.4 Å². The monoisotopic (exact) mass is 329 g/mol. The van der Waals surface area contributed by atoms with Gasteiger partial charge in [-0.05, 0) is 54.3 Å². The van der Waals surface area contributed by atoms with Crippen molar-refractivity contribution in [2.24, 2.45) is 0 Å². The number of ether oxygens (including phenoxy) is 2. The van der Waals surface area contributed by atoms with E-state index in [0.29, 0.717) is 0 Å². The maximum absolute atomic E-state index is 11.7. The number of carbonyl (C=O) groups is 1. The van der Waals surface area contributed by atoms with E-state index in [9.17, 15) is 9.90 Å². The molecule has 5 heteroatoms. The summed E-state index contributed by atoms with van der Waals surface area (Å²) in [5.41, 5.74) is 3.43. The van der Waals surface area contributed by atoms with E-state index in [4.69, 9.17) is 9.47 Å². The summed E-state index contributed by atoms with van der Waals surface area (Å²) in [5, 5.41) is 9.78. The van der Waals surface area contributed by atoms with Crippen molar-refractivity contribution in [2.75, 3.05) is 33.2 Å². The van der Waals surface area contributed by atoms with Crippen molar-refractivity contribution in [3.05, 3.63) is 53.1 Å². The molecule has 1 N–H and O–H groups in total. The van der Waals surface area contributed by atoms with Gasteiger partial charge in [-0.1, -0.05) is 6.07 Å². The lowest BCUT2D eigenvalue weighted by Crippen LogP contribution is -2.12. The van der Waals surface area contributed by atoms with Gasteiger partial charge in [0, 0.05) is 19.8 Å². The summed E-state index contributed by atoms with van der Waals surface area (Å²) >= 11 is 0. The van der Waals surface area contributed by atoms with Gasteiger partial charge in [0.15, 0.2) is 0 Å². The van der Waals surface area contributed by atoms with Gasteiger partial charge in [0.1, 0.15) is 17.1 Å². The largest absolute Gasteiger partial charge is 0.507 e. The van der Waals surface area contributed by atoms with Crippen LogP contribution in [0.25, 0.3) is 0 Å². The van der Waals surface area contributed by atoms with E-state index in [1.165, 1.54) is 13.2 Å². The van der Waals surface area contributed by atoms with Gasteiger partial charge in [-0.3, -0.25) is 0 Å². The number of aryl methyl sites for hydroxylation is 2. The Kier molecular flexibility index (Phi) is 5.68. The average Bonchev–Trinajstić information content (AvgIpc) is 2.59. The number of phenolic OH excluding ortho intramolecular Hbond substituents is 1. The molecule has 2 rings (SSSR count). The molecule has 0 aliphatic carbocycles. The third kappa shape index (κ3) is 3.98. The molecule has 128 valence electrons. The number of esters is 1. The standard InChI is InChI=1S/C19H23NO4/c1-20(2)17-9-8-15(23-3)12-14(17)7-5-13-6-10-18(21)16(11-13)19(22)24-4/h6,8-12,21H,5,7H2,1-4H3. The predicted molar refractivity (Wildman–Crippen MR) is 94.2 cm³/mol. The van der Waals surface area contributed by atoms with Crippen molar-refractivity contribution in [1.29, 1.82) is 0 Å². The second kappa shape index (κ2) is 7.73. The minimum Gasteiger partial charge on any atom is -0.507 e. The summed E-state index contributed by atoms with van der Waals surface area (Å²) < 4.78 is 10.0. The van der Waals surface area contributed by atoms with Crippen LogP contribution < -0.4 is 9.64 Å². The molecule has 5 nitrogen and oxygen atoms in total. The first-order valence-corrected chi connectivity index (χ1v) is 7.70. The Bertz CT molecular complexity index is 725. The molecule has 0 unspecified atom stereocenters. The Balaban J connectivity index is 2.23. The zero-order valence-corrected chi connectivity index (χ0v) is 14.5. The Morgan fingerprint density at radius 2 is 1.83 bits per heavy atom. The van der Waals surface area contributed by atoms with Crippen LogP contribution >= 0.6 is 0 Å². The van der Waals surface area contributed by atoms with E-state index >= 15 is 0 Å². The number of hydrogen-bond acceptors (Lipinski definition) is 5. The zero-order valence-electron chi connectivity index (χ0n) is 14.5. The SMILES string of the molecule is COC(=O)c1cc(CCc2cc(OC)ccc2N(C)C)ccc1O. The van der Waals surface area contributed by atoms with Crippen LogP contribution in [0.3, 0.4) is 0 Å². The predicted octanol–water partition coefficient (Wildman–Crippen LogP) is 3.04. The lowest BCUT2D eigenvalue weighted by molar-refractivity contribution is 0.0597. The lowest BCUT2D eigenvalue weighted by Gasteiger charge is -2.18. The van der Waals surface area contributed by atoms with Crippen LogP contribution in [0.4, 0.5) is 5.69 Å². The van der Waals surface area contributed by atoms with E-state index in [1.54, 1.807) is 13.2 Å². The van der Waals surface area contributed by atoms with Crippen LogP contribution in [0.1, 0.15) is 21.5 Å². The highest BCUT2D eigenvalue weighted by atomic mass is 16.5. The van der Waals surface area contributed by atoms with E-state index < -0.39 is 5.97 Å². The van der Waals surface area contributed by atoms with E-state index in [-0.39, 0.29) is 11.3 Å². The van der Waals surface area contributed by atoms with Gasteiger partial charge in [-0.2, -0.15) is 0 Å². The Hall–Kier alpha value is -2.69. The smallest absolute Gasteiger partial charge is 0.341 e. The zero-order chi connectivity index (χ0) is 17.7. The second-order valence-corrected chi connectivity index (χ2v) is 5.73. The van der Waals surface area contributed by atoms with Crippen LogP contribution in [0.15, 0.2) is 36.4 Å². The maximum Gasteiger partial charge on any atom is 0.341 e. The van der Waals surface area contributed by atoms with Gasteiger partial charge >= 0.3 is 5.97 Å². The number of methoxy groups -OCH3 is 2. The third-order valence-electron chi connectivity index (χ3n) is 3.92. The lowest BCUT2D eigenvalue weighted by atomic mass is 10.0. The number of aromatic hydroxyl groups is 1. The summed E-state index contributed by atoms with van der Waals surface area (Å²) in [6.07, 6.45) is 1.52. The van der Waals surface area contributed by atoms with Gasteiger partial charge in [0.2, 0.25) is 0 Å². The van der Waals surface area contributed by atoms with Gasteiger partial charge in [-0.25, -0.2) is 4.79 Å². The topological polar surface area (TPSA) is 59.0 Å². The third-order valence-corrected chi connectivity index (χ3v) is 3.92.